The van der Waals surface area contributed by atoms with Gasteiger partial charge in [-0.15, -0.1) is 0 Å². The van der Waals surface area contributed by atoms with Crippen molar-refractivity contribution in [1.29, 1.82) is 0 Å². The Kier molecular flexibility index (Phi) is 4.89. The van der Waals surface area contributed by atoms with Crippen LogP contribution in [0.3, 0.4) is 0 Å². The van der Waals surface area contributed by atoms with Crippen LogP contribution >= 0.6 is 0 Å². The lowest BCUT2D eigenvalue weighted by atomic mass is 10.1. The summed E-state index contributed by atoms with van der Waals surface area (Å²) in [5.41, 5.74) is 1.92. The number of aromatic nitrogens is 1. The lowest BCUT2D eigenvalue weighted by Crippen LogP contribution is -1.95. The van der Waals surface area contributed by atoms with Crippen LogP contribution in [0.15, 0.2) is 42.7 Å². The molecule has 0 spiro atoms. The standard InChI is InChI=1S/C15H17NO3/c1-18-9-7-12-2-4-14(5-3-12)19-15-10-16-8-6-13(15)11-17/h2-6,8,10,17H,7,9,11H2,1H3. The van der Waals surface area contributed by atoms with Gasteiger partial charge in [-0.05, 0) is 30.2 Å². The number of rotatable bonds is 6. The van der Waals surface area contributed by atoms with Crippen molar-refractivity contribution in [3.05, 3.63) is 53.9 Å². The highest BCUT2D eigenvalue weighted by Gasteiger charge is 2.04. The van der Waals surface area contributed by atoms with Gasteiger partial charge in [-0.3, -0.25) is 4.98 Å². The topological polar surface area (TPSA) is 51.6 Å². The van der Waals surface area contributed by atoms with E-state index in [2.05, 4.69) is 4.98 Å². The highest BCUT2D eigenvalue weighted by molar-refractivity contribution is 5.36. The van der Waals surface area contributed by atoms with Gasteiger partial charge >= 0.3 is 0 Å². The second-order valence-corrected chi connectivity index (χ2v) is 4.13. The summed E-state index contributed by atoms with van der Waals surface area (Å²) in [4.78, 5) is 3.99. The highest BCUT2D eigenvalue weighted by atomic mass is 16.5. The molecule has 4 nitrogen and oxygen atoms in total. The molecule has 0 unspecified atom stereocenters. The lowest BCUT2D eigenvalue weighted by molar-refractivity contribution is 0.202. The molecule has 19 heavy (non-hydrogen) atoms. The first-order valence-corrected chi connectivity index (χ1v) is 6.13. The van der Waals surface area contributed by atoms with Crippen molar-refractivity contribution in [2.75, 3.05) is 13.7 Å². The zero-order valence-electron chi connectivity index (χ0n) is 10.9. The maximum absolute atomic E-state index is 9.22. The molecule has 0 amide bonds. The van der Waals surface area contributed by atoms with E-state index in [4.69, 9.17) is 9.47 Å². The number of aliphatic hydroxyl groups excluding tert-OH is 1. The fourth-order valence-corrected chi connectivity index (χ4v) is 1.70. The Morgan fingerprint density at radius 2 is 1.95 bits per heavy atom. The van der Waals surface area contributed by atoms with Gasteiger partial charge in [0.25, 0.3) is 0 Å². The third-order valence-electron chi connectivity index (χ3n) is 2.79. The number of aliphatic hydroxyl groups is 1. The summed E-state index contributed by atoms with van der Waals surface area (Å²) >= 11 is 0. The van der Waals surface area contributed by atoms with Gasteiger partial charge < -0.3 is 14.6 Å². The maximum Gasteiger partial charge on any atom is 0.151 e. The molecule has 2 aromatic rings. The SMILES string of the molecule is COCCc1ccc(Oc2cnccc2CO)cc1. The molecule has 2 rings (SSSR count). The van der Waals surface area contributed by atoms with Gasteiger partial charge in [0.15, 0.2) is 5.75 Å². The highest BCUT2D eigenvalue weighted by Crippen LogP contribution is 2.24. The predicted molar refractivity (Wildman–Crippen MR) is 72.3 cm³/mol. The van der Waals surface area contributed by atoms with E-state index in [0.29, 0.717) is 12.4 Å². The third kappa shape index (κ3) is 3.77. The summed E-state index contributed by atoms with van der Waals surface area (Å²) in [6, 6.07) is 9.55. The second kappa shape index (κ2) is 6.87. The minimum absolute atomic E-state index is 0.0657. The molecule has 100 valence electrons. The van der Waals surface area contributed by atoms with E-state index in [9.17, 15) is 5.11 Å². The Balaban J connectivity index is 2.06. The molecule has 0 radical (unpaired) electrons. The molecule has 1 N–H and O–H groups in total. The minimum Gasteiger partial charge on any atom is -0.455 e. The molecule has 1 aromatic carbocycles. The largest absolute Gasteiger partial charge is 0.455 e. The van der Waals surface area contributed by atoms with Crippen LogP contribution in [0.1, 0.15) is 11.1 Å². The number of hydrogen-bond acceptors (Lipinski definition) is 4. The predicted octanol–water partition coefficient (Wildman–Crippen LogP) is 2.56. The van der Waals surface area contributed by atoms with E-state index >= 15 is 0 Å². The Morgan fingerprint density at radius 1 is 1.16 bits per heavy atom. The van der Waals surface area contributed by atoms with Crippen molar-refractivity contribution in [3.8, 4) is 11.5 Å². The smallest absolute Gasteiger partial charge is 0.151 e. The normalized spacial score (nSPS) is 10.4. The first kappa shape index (κ1) is 13.5. The van der Waals surface area contributed by atoms with Crippen LogP contribution in [0.2, 0.25) is 0 Å². The number of benzene rings is 1. The quantitative estimate of drug-likeness (QED) is 0.866. The molecule has 0 fully saturated rings. The molecule has 0 aliphatic carbocycles. The molecule has 4 heteroatoms. The van der Waals surface area contributed by atoms with E-state index < -0.39 is 0 Å². The zero-order valence-corrected chi connectivity index (χ0v) is 10.9. The second-order valence-electron chi connectivity index (χ2n) is 4.13. The van der Waals surface area contributed by atoms with Crippen LogP contribution in [0.25, 0.3) is 0 Å². The molecular weight excluding hydrogens is 242 g/mol. The summed E-state index contributed by atoms with van der Waals surface area (Å²) in [6.45, 7) is 0.640. The van der Waals surface area contributed by atoms with Crippen LogP contribution in [0.4, 0.5) is 0 Å². The van der Waals surface area contributed by atoms with Gasteiger partial charge in [-0.2, -0.15) is 0 Å². The van der Waals surface area contributed by atoms with Crippen molar-refractivity contribution < 1.29 is 14.6 Å². The van der Waals surface area contributed by atoms with E-state index in [1.54, 1.807) is 25.6 Å². The van der Waals surface area contributed by atoms with Gasteiger partial charge in [-0.25, -0.2) is 0 Å². The molecule has 0 saturated carbocycles. The van der Waals surface area contributed by atoms with E-state index in [1.807, 2.05) is 24.3 Å². The van der Waals surface area contributed by atoms with Crippen molar-refractivity contribution in [2.24, 2.45) is 0 Å². The van der Waals surface area contributed by atoms with Crippen LogP contribution in [0, 0.1) is 0 Å². The number of methoxy groups -OCH3 is 1. The fourth-order valence-electron chi connectivity index (χ4n) is 1.70. The molecule has 0 saturated heterocycles. The molecule has 0 atom stereocenters. The average molecular weight is 259 g/mol. The van der Waals surface area contributed by atoms with Gasteiger partial charge in [0, 0.05) is 18.9 Å². The van der Waals surface area contributed by atoms with Crippen LogP contribution < -0.4 is 4.74 Å². The van der Waals surface area contributed by atoms with Gasteiger partial charge in [0.05, 0.1) is 19.4 Å². The Bertz CT molecular complexity index is 511. The van der Waals surface area contributed by atoms with E-state index in [-0.39, 0.29) is 6.61 Å². The van der Waals surface area contributed by atoms with Crippen molar-refractivity contribution in [1.82, 2.24) is 4.98 Å². The number of ether oxygens (including phenoxy) is 2. The first-order chi connectivity index (χ1) is 9.33. The Hall–Kier alpha value is -1.91. The molecular formula is C15H17NO3. The van der Waals surface area contributed by atoms with Crippen LogP contribution in [-0.4, -0.2) is 23.8 Å². The Labute approximate surface area is 112 Å². The summed E-state index contributed by atoms with van der Waals surface area (Å²) in [5, 5.41) is 9.22. The maximum atomic E-state index is 9.22. The molecule has 1 heterocycles. The first-order valence-electron chi connectivity index (χ1n) is 6.13. The van der Waals surface area contributed by atoms with Gasteiger partial charge in [0.2, 0.25) is 0 Å². The number of hydrogen-bond donors (Lipinski definition) is 1. The fraction of sp³-hybridized carbons (Fsp3) is 0.267. The van der Waals surface area contributed by atoms with Crippen molar-refractivity contribution in [3.63, 3.8) is 0 Å². The summed E-state index contributed by atoms with van der Waals surface area (Å²) < 4.78 is 10.7. The van der Waals surface area contributed by atoms with Crippen molar-refractivity contribution >= 4 is 0 Å². The summed E-state index contributed by atoms with van der Waals surface area (Å²) in [5.74, 6) is 1.30. The van der Waals surface area contributed by atoms with Gasteiger partial charge in [-0.1, -0.05) is 12.1 Å². The average Bonchev–Trinajstić information content (AvgIpc) is 2.47. The molecule has 0 aliphatic rings. The third-order valence-corrected chi connectivity index (χ3v) is 2.79. The number of nitrogens with zero attached hydrogens (tertiary/aromatic N) is 1. The van der Waals surface area contributed by atoms with Crippen molar-refractivity contribution in [2.45, 2.75) is 13.0 Å². The lowest BCUT2D eigenvalue weighted by Gasteiger charge is -2.09. The van der Waals surface area contributed by atoms with Crippen LogP contribution in [0.5, 0.6) is 11.5 Å². The number of pyridine rings is 1. The van der Waals surface area contributed by atoms with Gasteiger partial charge in [0.1, 0.15) is 5.75 Å². The minimum atomic E-state index is -0.0657. The molecule has 1 aromatic heterocycles. The molecule has 0 aliphatic heterocycles. The van der Waals surface area contributed by atoms with Crippen LogP contribution in [-0.2, 0) is 17.8 Å². The molecule has 0 bridgehead atoms. The summed E-state index contributed by atoms with van der Waals surface area (Å²) in [7, 11) is 1.69. The zero-order chi connectivity index (χ0) is 13.5. The van der Waals surface area contributed by atoms with E-state index in [0.717, 1.165) is 17.7 Å². The monoisotopic (exact) mass is 259 g/mol. The Morgan fingerprint density at radius 3 is 2.63 bits per heavy atom. The summed E-state index contributed by atoms with van der Waals surface area (Å²) in [6.07, 6.45) is 4.11. The van der Waals surface area contributed by atoms with E-state index in [1.165, 1.54) is 5.56 Å².